The summed E-state index contributed by atoms with van der Waals surface area (Å²) >= 11 is 0. The predicted octanol–water partition coefficient (Wildman–Crippen LogP) is 3.92. The SMILES string of the molecule is Cc1c(-c2cc3cc(Nc4cc5n(n4)Cc4nccn4CC5)ncc3c(N)c2F)cnc2c1NCCC2O. The first-order valence-electron chi connectivity index (χ1n) is 12.6. The molecule has 2 aliphatic heterocycles. The zero-order valence-electron chi connectivity index (χ0n) is 20.7. The van der Waals surface area contributed by atoms with Gasteiger partial charge in [0.25, 0.3) is 0 Å². The van der Waals surface area contributed by atoms with Crippen molar-refractivity contribution >= 4 is 33.8 Å². The molecule has 0 radical (unpaired) electrons. The van der Waals surface area contributed by atoms with E-state index in [4.69, 9.17) is 10.8 Å². The van der Waals surface area contributed by atoms with Crippen molar-refractivity contribution in [3.8, 4) is 11.1 Å². The van der Waals surface area contributed by atoms with E-state index in [1.807, 2.05) is 36.1 Å². The third kappa shape index (κ3) is 3.58. The molecule has 0 saturated heterocycles. The fraction of sp³-hybridized carbons (Fsp3) is 0.259. The first-order chi connectivity index (χ1) is 18.5. The normalized spacial score (nSPS) is 16.3. The Morgan fingerprint density at radius 3 is 2.92 bits per heavy atom. The number of halogens is 1. The van der Waals surface area contributed by atoms with Crippen molar-refractivity contribution in [1.29, 1.82) is 0 Å². The van der Waals surface area contributed by atoms with Crippen molar-refractivity contribution in [2.24, 2.45) is 0 Å². The van der Waals surface area contributed by atoms with Crippen molar-refractivity contribution in [1.82, 2.24) is 29.3 Å². The predicted molar refractivity (Wildman–Crippen MR) is 143 cm³/mol. The van der Waals surface area contributed by atoms with Crippen LogP contribution in [-0.4, -0.2) is 41.0 Å². The molecule has 7 rings (SSSR count). The Hall–Kier alpha value is -4.51. The van der Waals surface area contributed by atoms with Gasteiger partial charge in [-0.2, -0.15) is 5.10 Å². The Morgan fingerprint density at radius 1 is 1.13 bits per heavy atom. The number of aromatic nitrogens is 6. The van der Waals surface area contributed by atoms with Crippen molar-refractivity contribution in [3.63, 3.8) is 0 Å². The molecule has 6 heterocycles. The Labute approximate surface area is 217 Å². The zero-order chi connectivity index (χ0) is 26.0. The van der Waals surface area contributed by atoms with E-state index in [2.05, 4.69) is 30.2 Å². The molecule has 192 valence electrons. The van der Waals surface area contributed by atoms with Crippen LogP contribution in [-0.2, 0) is 19.5 Å². The molecule has 0 saturated carbocycles. The van der Waals surface area contributed by atoms with Crippen LogP contribution in [0.5, 0.6) is 0 Å². The maximum Gasteiger partial charge on any atom is 0.154 e. The van der Waals surface area contributed by atoms with Gasteiger partial charge in [-0.1, -0.05) is 0 Å². The quantitative estimate of drug-likeness (QED) is 0.268. The largest absolute Gasteiger partial charge is 0.396 e. The Kier molecular flexibility index (Phi) is 5.08. The lowest BCUT2D eigenvalue weighted by Gasteiger charge is -2.25. The molecule has 5 N–H and O–H groups in total. The van der Waals surface area contributed by atoms with E-state index in [1.54, 1.807) is 18.5 Å². The highest BCUT2D eigenvalue weighted by molar-refractivity contribution is 5.98. The van der Waals surface area contributed by atoms with Crippen LogP contribution in [0, 0.1) is 12.7 Å². The maximum atomic E-state index is 15.5. The summed E-state index contributed by atoms with van der Waals surface area (Å²) in [6, 6.07) is 5.63. The smallest absolute Gasteiger partial charge is 0.154 e. The third-order valence-electron chi connectivity index (χ3n) is 7.51. The molecule has 38 heavy (non-hydrogen) atoms. The van der Waals surface area contributed by atoms with Crippen LogP contribution in [0.15, 0.2) is 43.0 Å². The van der Waals surface area contributed by atoms with Gasteiger partial charge in [0.2, 0.25) is 0 Å². The number of nitrogen functional groups attached to an aromatic ring is 1. The first-order valence-corrected chi connectivity index (χ1v) is 12.6. The first kappa shape index (κ1) is 22.7. The summed E-state index contributed by atoms with van der Waals surface area (Å²) in [7, 11) is 0. The monoisotopic (exact) mass is 511 g/mol. The van der Waals surface area contributed by atoms with E-state index >= 15 is 4.39 Å². The highest BCUT2D eigenvalue weighted by Crippen LogP contribution is 2.40. The van der Waals surface area contributed by atoms with Crippen molar-refractivity contribution in [2.75, 3.05) is 22.9 Å². The standard InChI is InChI=1S/C27H26FN9O/c1-14-18(11-33-27-20(38)2-4-31-26(14)27)17-8-15-9-21(32-12-19(15)25(29)24(17)28)34-22-10-16-3-6-36-7-5-30-23(36)13-37(16)35-22/h5,7-12,20,31,38H,2-4,6,13,29H2,1H3,(H,32,34,35). The van der Waals surface area contributed by atoms with Gasteiger partial charge in [-0.3, -0.25) is 9.67 Å². The minimum atomic E-state index is -0.634. The van der Waals surface area contributed by atoms with Crippen LogP contribution in [0.25, 0.3) is 21.9 Å². The van der Waals surface area contributed by atoms with Crippen molar-refractivity contribution in [3.05, 3.63) is 71.6 Å². The molecule has 11 heteroatoms. The Morgan fingerprint density at radius 2 is 2.03 bits per heavy atom. The molecule has 0 amide bonds. The number of hydrogen-bond donors (Lipinski definition) is 4. The van der Waals surface area contributed by atoms with Crippen LogP contribution in [0.3, 0.4) is 0 Å². The summed E-state index contributed by atoms with van der Waals surface area (Å²) in [5.74, 6) is 1.72. The zero-order valence-corrected chi connectivity index (χ0v) is 20.7. The van der Waals surface area contributed by atoms with Gasteiger partial charge in [-0.15, -0.1) is 0 Å². The molecule has 10 nitrogen and oxygen atoms in total. The number of fused-ring (bicyclic) bond motifs is 4. The van der Waals surface area contributed by atoms with Gasteiger partial charge in [-0.05, 0) is 36.4 Å². The molecule has 0 fully saturated rings. The third-order valence-corrected chi connectivity index (χ3v) is 7.51. The minimum Gasteiger partial charge on any atom is -0.396 e. The maximum absolute atomic E-state index is 15.5. The number of aliphatic hydroxyl groups is 1. The van der Waals surface area contributed by atoms with E-state index in [1.165, 1.54) is 0 Å². The number of nitrogens with two attached hydrogens (primary N) is 1. The van der Waals surface area contributed by atoms with Gasteiger partial charge in [0.1, 0.15) is 11.6 Å². The lowest BCUT2D eigenvalue weighted by Crippen LogP contribution is -2.19. The molecular weight excluding hydrogens is 485 g/mol. The summed E-state index contributed by atoms with van der Waals surface area (Å²) < 4.78 is 19.6. The summed E-state index contributed by atoms with van der Waals surface area (Å²) in [6.45, 7) is 3.99. The summed E-state index contributed by atoms with van der Waals surface area (Å²) in [5.41, 5.74) is 10.5. The summed E-state index contributed by atoms with van der Waals surface area (Å²) in [4.78, 5) is 13.3. The molecular formula is C27H26FN9O. The number of nitrogens with one attached hydrogen (secondary N) is 2. The fourth-order valence-corrected chi connectivity index (χ4v) is 5.45. The fourth-order valence-electron chi connectivity index (χ4n) is 5.45. The lowest BCUT2D eigenvalue weighted by molar-refractivity contribution is 0.163. The average Bonchev–Trinajstić information content (AvgIpc) is 3.48. The number of pyridine rings is 2. The second-order valence-corrected chi connectivity index (χ2v) is 9.82. The van der Waals surface area contributed by atoms with Crippen LogP contribution < -0.4 is 16.4 Å². The van der Waals surface area contributed by atoms with E-state index < -0.39 is 11.9 Å². The number of imidazole rings is 1. The van der Waals surface area contributed by atoms with Crippen molar-refractivity contribution < 1.29 is 9.50 Å². The molecule has 5 aromatic rings. The van der Waals surface area contributed by atoms with Gasteiger partial charge in [-0.25, -0.2) is 14.4 Å². The van der Waals surface area contributed by atoms with E-state index in [-0.39, 0.29) is 5.69 Å². The van der Waals surface area contributed by atoms with Crippen LogP contribution in [0.4, 0.5) is 27.4 Å². The van der Waals surface area contributed by atoms with Gasteiger partial charge in [0, 0.05) is 72.6 Å². The van der Waals surface area contributed by atoms with Gasteiger partial charge in [0.15, 0.2) is 11.6 Å². The Bertz CT molecular complexity index is 1720. The number of aryl methyl sites for hydroxylation is 2. The van der Waals surface area contributed by atoms with Crippen LogP contribution in [0.2, 0.25) is 0 Å². The highest BCUT2D eigenvalue weighted by atomic mass is 19.1. The van der Waals surface area contributed by atoms with Crippen molar-refractivity contribution in [2.45, 2.75) is 39.0 Å². The number of benzene rings is 1. The Balaban J connectivity index is 1.25. The van der Waals surface area contributed by atoms with Gasteiger partial charge in [0.05, 0.1) is 29.7 Å². The summed E-state index contributed by atoms with van der Waals surface area (Å²) in [6.07, 6.45) is 7.79. The molecule has 1 aromatic carbocycles. The molecule has 0 aliphatic carbocycles. The second-order valence-electron chi connectivity index (χ2n) is 9.82. The van der Waals surface area contributed by atoms with Crippen LogP contribution in [0.1, 0.15) is 35.3 Å². The topological polar surface area (TPSA) is 132 Å². The van der Waals surface area contributed by atoms with Crippen LogP contribution >= 0.6 is 0 Å². The molecule has 0 spiro atoms. The second kappa shape index (κ2) is 8.52. The lowest BCUT2D eigenvalue weighted by atomic mass is 9.94. The molecule has 0 bridgehead atoms. The molecule has 1 atom stereocenters. The number of anilines is 4. The molecule has 4 aromatic heterocycles. The molecule has 2 aliphatic rings. The summed E-state index contributed by atoms with van der Waals surface area (Å²) in [5, 5.41) is 22.9. The highest BCUT2D eigenvalue weighted by Gasteiger charge is 2.24. The molecule has 1 unspecified atom stereocenters. The average molecular weight is 512 g/mol. The number of aliphatic hydroxyl groups excluding tert-OH is 1. The number of hydrogen-bond acceptors (Lipinski definition) is 8. The van der Waals surface area contributed by atoms with E-state index in [0.29, 0.717) is 53.4 Å². The minimum absolute atomic E-state index is 0.0332. The van der Waals surface area contributed by atoms with E-state index in [0.717, 1.165) is 41.1 Å². The van der Waals surface area contributed by atoms with Gasteiger partial charge >= 0.3 is 0 Å². The van der Waals surface area contributed by atoms with E-state index in [9.17, 15) is 5.11 Å². The number of nitrogens with zero attached hydrogens (tertiary/aromatic N) is 6. The number of rotatable bonds is 3. The van der Waals surface area contributed by atoms with Gasteiger partial charge < -0.3 is 26.0 Å².